The van der Waals surface area contributed by atoms with Gasteiger partial charge in [0.1, 0.15) is 5.15 Å². The monoisotopic (exact) mass is 304 g/mol. The molecule has 0 radical (unpaired) electrons. The lowest BCUT2D eigenvalue weighted by molar-refractivity contribution is 0.365. The van der Waals surface area contributed by atoms with Crippen molar-refractivity contribution in [1.82, 2.24) is 15.1 Å². The van der Waals surface area contributed by atoms with Crippen LogP contribution in [-0.4, -0.2) is 28.2 Å². The van der Waals surface area contributed by atoms with E-state index in [-0.39, 0.29) is 0 Å². The van der Waals surface area contributed by atoms with Gasteiger partial charge in [0, 0.05) is 36.8 Å². The molecule has 0 atom stereocenters. The van der Waals surface area contributed by atoms with Crippen LogP contribution in [0.4, 0.5) is 5.69 Å². The molecular formula is C15H17ClN4O. The molecule has 21 heavy (non-hydrogen) atoms. The second-order valence-corrected chi connectivity index (χ2v) is 6.25. The summed E-state index contributed by atoms with van der Waals surface area (Å²) < 4.78 is 5.37. The predicted molar refractivity (Wildman–Crippen MR) is 79.7 cm³/mol. The van der Waals surface area contributed by atoms with Crippen molar-refractivity contribution in [3.8, 4) is 0 Å². The molecule has 2 fully saturated rings. The fourth-order valence-electron chi connectivity index (χ4n) is 2.89. The molecule has 0 spiro atoms. The van der Waals surface area contributed by atoms with E-state index in [0.717, 1.165) is 43.3 Å². The highest BCUT2D eigenvalue weighted by atomic mass is 35.5. The van der Waals surface area contributed by atoms with Crippen molar-refractivity contribution in [1.29, 1.82) is 0 Å². The maximum absolute atomic E-state index is 5.96. The van der Waals surface area contributed by atoms with Crippen LogP contribution in [0.5, 0.6) is 0 Å². The molecule has 0 unspecified atom stereocenters. The molecule has 4 rings (SSSR count). The van der Waals surface area contributed by atoms with Crippen LogP contribution in [0.25, 0.3) is 0 Å². The highest BCUT2D eigenvalue weighted by molar-refractivity contribution is 6.29. The van der Waals surface area contributed by atoms with Crippen molar-refractivity contribution < 1.29 is 4.52 Å². The molecule has 0 N–H and O–H groups in total. The number of hydrogen-bond donors (Lipinski definition) is 0. The van der Waals surface area contributed by atoms with Gasteiger partial charge in [-0.15, -0.1) is 0 Å². The van der Waals surface area contributed by atoms with E-state index in [2.05, 4.69) is 20.0 Å². The number of pyridine rings is 1. The smallest absolute Gasteiger partial charge is 0.229 e. The van der Waals surface area contributed by atoms with Gasteiger partial charge in [-0.2, -0.15) is 4.98 Å². The lowest BCUT2D eigenvalue weighted by atomic mass is 9.96. The van der Waals surface area contributed by atoms with Gasteiger partial charge in [-0.1, -0.05) is 16.8 Å². The molecule has 110 valence electrons. The second kappa shape index (κ2) is 5.30. The van der Waals surface area contributed by atoms with Gasteiger partial charge in [0.25, 0.3) is 0 Å². The number of hydrogen-bond acceptors (Lipinski definition) is 5. The largest absolute Gasteiger partial charge is 0.371 e. The Morgan fingerprint density at radius 1 is 1.14 bits per heavy atom. The number of anilines is 1. The standard InChI is InChI=1S/C15H17ClN4O/c16-13-9-12(3-6-17-13)20-7-4-10(5-8-20)14-18-15(21-19-14)11-1-2-11/h3,6,9-11H,1-2,4-5,7-8H2. The zero-order chi connectivity index (χ0) is 14.2. The van der Waals surface area contributed by atoms with E-state index in [0.29, 0.717) is 17.0 Å². The van der Waals surface area contributed by atoms with E-state index < -0.39 is 0 Å². The molecule has 0 bridgehead atoms. The summed E-state index contributed by atoms with van der Waals surface area (Å²) in [7, 11) is 0. The third-order valence-corrected chi connectivity index (χ3v) is 4.53. The molecular weight excluding hydrogens is 288 g/mol. The Labute approximate surface area is 128 Å². The minimum Gasteiger partial charge on any atom is -0.371 e. The highest BCUT2D eigenvalue weighted by Crippen LogP contribution is 2.40. The van der Waals surface area contributed by atoms with Crippen LogP contribution in [0.3, 0.4) is 0 Å². The number of nitrogens with zero attached hydrogens (tertiary/aromatic N) is 4. The Kier molecular flexibility index (Phi) is 3.30. The molecule has 2 aliphatic rings. The minimum absolute atomic E-state index is 0.412. The van der Waals surface area contributed by atoms with Gasteiger partial charge in [-0.25, -0.2) is 4.98 Å². The first kappa shape index (κ1) is 13.1. The lowest BCUT2D eigenvalue weighted by Crippen LogP contribution is -2.33. The topological polar surface area (TPSA) is 55.1 Å². The summed E-state index contributed by atoms with van der Waals surface area (Å²) >= 11 is 5.96. The average molecular weight is 305 g/mol. The van der Waals surface area contributed by atoms with Gasteiger partial charge in [0.05, 0.1) is 0 Å². The van der Waals surface area contributed by atoms with Crippen molar-refractivity contribution in [2.75, 3.05) is 18.0 Å². The van der Waals surface area contributed by atoms with Gasteiger partial charge in [-0.3, -0.25) is 0 Å². The SMILES string of the molecule is Clc1cc(N2CCC(c3noc(C4CC4)n3)CC2)ccn1. The minimum atomic E-state index is 0.412. The van der Waals surface area contributed by atoms with Gasteiger partial charge >= 0.3 is 0 Å². The average Bonchev–Trinajstić information content (AvgIpc) is 3.25. The molecule has 0 amide bonds. The maximum Gasteiger partial charge on any atom is 0.229 e. The van der Waals surface area contributed by atoms with Crippen LogP contribution < -0.4 is 4.90 Å². The summed E-state index contributed by atoms with van der Waals surface area (Å²) in [6.07, 6.45) is 6.24. The summed E-state index contributed by atoms with van der Waals surface area (Å²) in [5.41, 5.74) is 1.14. The normalized spacial score (nSPS) is 20.0. The van der Waals surface area contributed by atoms with Crippen LogP contribution in [0.15, 0.2) is 22.9 Å². The number of piperidine rings is 1. The van der Waals surface area contributed by atoms with Crippen molar-refractivity contribution >= 4 is 17.3 Å². The fraction of sp³-hybridized carbons (Fsp3) is 0.533. The van der Waals surface area contributed by atoms with Crippen LogP contribution in [0.2, 0.25) is 5.15 Å². The van der Waals surface area contributed by atoms with Gasteiger partial charge in [0.15, 0.2) is 5.82 Å². The Morgan fingerprint density at radius 3 is 2.67 bits per heavy atom. The third kappa shape index (κ3) is 2.75. The second-order valence-electron chi connectivity index (χ2n) is 5.86. The van der Waals surface area contributed by atoms with Crippen molar-refractivity contribution in [2.45, 2.75) is 37.5 Å². The van der Waals surface area contributed by atoms with Crippen molar-refractivity contribution in [3.63, 3.8) is 0 Å². The number of halogens is 1. The molecule has 5 nitrogen and oxygen atoms in total. The van der Waals surface area contributed by atoms with Crippen LogP contribution >= 0.6 is 11.6 Å². The van der Waals surface area contributed by atoms with Gasteiger partial charge in [-0.05, 0) is 37.8 Å². The first-order valence-electron chi connectivity index (χ1n) is 7.49. The Balaban J connectivity index is 1.41. The van der Waals surface area contributed by atoms with E-state index in [1.165, 1.54) is 12.8 Å². The first-order valence-corrected chi connectivity index (χ1v) is 7.87. The van der Waals surface area contributed by atoms with E-state index in [1.807, 2.05) is 12.1 Å². The Bertz CT molecular complexity index is 632. The van der Waals surface area contributed by atoms with E-state index >= 15 is 0 Å². The Morgan fingerprint density at radius 2 is 1.95 bits per heavy atom. The molecule has 3 heterocycles. The molecule has 1 aliphatic heterocycles. The number of rotatable bonds is 3. The quantitative estimate of drug-likeness (QED) is 0.814. The molecule has 6 heteroatoms. The summed E-state index contributed by atoms with van der Waals surface area (Å²) in [6.45, 7) is 1.97. The number of aromatic nitrogens is 3. The zero-order valence-corrected chi connectivity index (χ0v) is 12.5. The first-order chi connectivity index (χ1) is 10.3. The highest BCUT2D eigenvalue weighted by Gasteiger charge is 2.31. The zero-order valence-electron chi connectivity index (χ0n) is 11.7. The van der Waals surface area contributed by atoms with Crippen LogP contribution in [0, 0.1) is 0 Å². The van der Waals surface area contributed by atoms with Crippen LogP contribution in [0.1, 0.15) is 49.2 Å². The van der Waals surface area contributed by atoms with Gasteiger partial charge in [0.2, 0.25) is 5.89 Å². The summed E-state index contributed by atoms with van der Waals surface area (Å²) in [5, 5.41) is 4.72. The predicted octanol–water partition coefficient (Wildman–Crippen LogP) is 3.38. The Hall–Kier alpha value is -1.62. The summed E-state index contributed by atoms with van der Waals surface area (Å²) in [4.78, 5) is 10.9. The van der Waals surface area contributed by atoms with E-state index in [4.69, 9.17) is 16.1 Å². The molecule has 1 saturated heterocycles. The van der Waals surface area contributed by atoms with E-state index in [9.17, 15) is 0 Å². The maximum atomic E-state index is 5.96. The summed E-state index contributed by atoms with van der Waals surface area (Å²) in [6, 6.07) is 3.92. The molecule has 1 aliphatic carbocycles. The van der Waals surface area contributed by atoms with E-state index in [1.54, 1.807) is 6.20 Å². The fourth-order valence-corrected chi connectivity index (χ4v) is 3.06. The summed E-state index contributed by atoms with van der Waals surface area (Å²) in [5.74, 6) is 2.68. The lowest BCUT2D eigenvalue weighted by Gasteiger charge is -2.32. The van der Waals surface area contributed by atoms with Crippen molar-refractivity contribution in [2.24, 2.45) is 0 Å². The van der Waals surface area contributed by atoms with Crippen LogP contribution in [-0.2, 0) is 0 Å². The molecule has 2 aromatic rings. The third-order valence-electron chi connectivity index (χ3n) is 4.32. The molecule has 2 aromatic heterocycles. The van der Waals surface area contributed by atoms with Gasteiger partial charge < -0.3 is 9.42 Å². The molecule has 0 aromatic carbocycles. The molecule has 1 saturated carbocycles. The van der Waals surface area contributed by atoms with Crippen molar-refractivity contribution in [3.05, 3.63) is 35.2 Å².